The van der Waals surface area contributed by atoms with Gasteiger partial charge in [0.2, 0.25) is 0 Å². The Hall–Kier alpha value is -2.42. The molecule has 2 rings (SSSR count). The van der Waals surface area contributed by atoms with Gasteiger partial charge in [-0.25, -0.2) is 0 Å². The molecule has 0 unspecified atom stereocenters. The average Bonchev–Trinajstić information content (AvgIpc) is 2.46. The van der Waals surface area contributed by atoms with Gasteiger partial charge in [-0.3, -0.25) is 9.78 Å². The molecule has 0 saturated heterocycles. The lowest BCUT2D eigenvalue weighted by Crippen LogP contribution is -1.94. The highest BCUT2D eigenvalue weighted by molar-refractivity contribution is 5.75. The van der Waals surface area contributed by atoms with E-state index in [4.69, 9.17) is 4.74 Å². The number of hydrogen-bond acceptors (Lipinski definition) is 3. The Morgan fingerprint density at radius 2 is 1.84 bits per heavy atom. The summed E-state index contributed by atoms with van der Waals surface area (Å²) in [5.41, 5.74) is 2.69. The predicted octanol–water partition coefficient (Wildman–Crippen LogP) is 3.29. The van der Waals surface area contributed by atoms with E-state index in [0.29, 0.717) is 12.2 Å². The Kier molecular flexibility index (Phi) is 4.45. The minimum atomic E-state index is 0.486. The molecule has 1 heterocycles. The van der Waals surface area contributed by atoms with Crippen LogP contribution in [0.4, 0.5) is 0 Å². The van der Waals surface area contributed by atoms with Crippen LogP contribution in [0.1, 0.15) is 21.6 Å². The van der Waals surface area contributed by atoms with Crippen LogP contribution in [-0.4, -0.2) is 17.9 Å². The third-order valence-corrected chi connectivity index (χ3v) is 2.61. The fourth-order valence-corrected chi connectivity index (χ4v) is 1.55. The molecule has 0 radical (unpaired) electrons. The van der Waals surface area contributed by atoms with Gasteiger partial charge in [-0.2, -0.15) is 0 Å². The SMILES string of the molecule is Cc1ccc(OC/C=C/c2ccc(C=O)cc2)cn1. The van der Waals surface area contributed by atoms with Gasteiger partial charge in [-0.15, -0.1) is 0 Å². The van der Waals surface area contributed by atoms with Crippen LogP contribution < -0.4 is 4.74 Å². The zero-order chi connectivity index (χ0) is 13.5. The Morgan fingerprint density at radius 3 is 2.47 bits per heavy atom. The van der Waals surface area contributed by atoms with Gasteiger partial charge in [0.25, 0.3) is 0 Å². The first-order valence-corrected chi connectivity index (χ1v) is 6.05. The highest BCUT2D eigenvalue weighted by Crippen LogP contribution is 2.09. The van der Waals surface area contributed by atoms with Crippen LogP contribution in [-0.2, 0) is 0 Å². The van der Waals surface area contributed by atoms with E-state index < -0.39 is 0 Å². The third kappa shape index (κ3) is 4.07. The number of aldehydes is 1. The van der Waals surface area contributed by atoms with Gasteiger partial charge in [-0.1, -0.05) is 30.3 Å². The molecule has 0 saturated carbocycles. The van der Waals surface area contributed by atoms with Gasteiger partial charge in [0.15, 0.2) is 0 Å². The fraction of sp³-hybridized carbons (Fsp3) is 0.125. The monoisotopic (exact) mass is 253 g/mol. The van der Waals surface area contributed by atoms with Gasteiger partial charge in [-0.05, 0) is 30.7 Å². The average molecular weight is 253 g/mol. The van der Waals surface area contributed by atoms with E-state index in [-0.39, 0.29) is 0 Å². The lowest BCUT2D eigenvalue weighted by atomic mass is 10.1. The minimum absolute atomic E-state index is 0.486. The molecule has 0 amide bonds. The van der Waals surface area contributed by atoms with Gasteiger partial charge in [0.05, 0.1) is 6.20 Å². The number of ether oxygens (including phenoxy) is 1. The van der Waals surface area contributed by atoms with E-state index in [1.807, 2.05) is 43.3 Å². The molecule has 0 N–H and O–H groups in total. The smallest absolute Gasteiger partial charge is 0.150 e. The summed E-state index contributed by atoms with van der Waals surface area (Å²) in [5.74, 6) is 0.756. The van der Waals surface area contributed by atoms with Crippen molar-refractivity contribution in [2.24, 2.45) is 0 Å². The summed E-state index contributed by atoms with van der Waals surface area (Å²) in [4.78, 5) is 14.7. The van der Waals surface area contributed by atoms with Crippen LogP contribution >= 0.6 is 0 Å². The summed E-state index contributed by atoms with van der Waals surface area (Å²) in [5, 5.41) is 0. The number of carbonyl (C=O) groups excluding carboxylic acids is 1. The Bertz CT molecular complexity index is 556. The largest absolute Gasteiger partial charge is 0.488 e. The lowest BCUT2D eigenvalue weighted by Gasteiger charge is -2.02. The van der Waals surface area contributed by atoms with Gasteiger partial charge in [0, 0.05) is 11.3 Å². The van der Waals surface area contributed by atoms with Gasteiger partial charge < -0.3 is 4.74 Å². The van der Waals surface area contributed by atoms with Gasteiger partial charge in [0.1, 0.15) is 18.6 Å². The van der Waals surface area contributed by atoms with Crippen LogP contribution in [0.25, 0.3) is 6.08 Å². The van der Waals surface area contributed by atoms with E-state index >= 15 is 0 Å². The van der Waals surface area contributed by atoms with Crippen molar-refractivity contribution in [2.45, 2.75) is 6.92 Å². The number of nitrogens with zero attached hydrogens (tertiary/aromatic N) is 1. The fourth-order valence-electron chi connectivity index (χ4n) is 1.55. The summed E-state index contributed by atoms with van der Waals surface area (Å²) in [6, 6.07) is 11.2. The molecular weight excluding hydrogens is 238 g/mol. The molecule has 0 atom stereocenters. The quantitative estimate of drug-likeness (QED) is 0.767. The van der Waals surface area contributed by atoms with E-state index in [1.54, 1.807) is 18.3 Å². The van der Waals surface area contributed by atoms with Crippen molar-refractivity contribution in [3.63, 3.8) is 0 Å². The number of aromatic nitrogens is 1. The Labute approximate surface area is 112 Å². The Morgan fingerprint density at radius 1 is 1.11 bits per heavy atom. The number of rotatable bonds is 5. The van der Waals surface area contributed by atoms with Crippen molar-refractivity contribution >= 4 is 12.4 Å². The van der Waals surface area contributed by atoms with Crippen LogP contribution in [0.15, 0.2) is 48.7 Å². The first kappa shape index (κ1) is 13.0. The molecule has 1 aromatic carbocycles. The van der Waals surface area contributed by atoms with Crippen molar-refractivity contribution < 1.29 is 9.53 Å². The van der Waals surface area contributed by atoms with Crippen LogP contribution in [0.5, 0.6) is 5.75 Å². The molecule has 0 spiro atoms. The highest BCUT2D eigenvalue weighted by atomic mass is 16.5. The molecule has 96 valence electrons. The molecular formula is C16H15NO2. The van der Waals surface area contributed by atoms with Crippen molar-refractivity contribution in [2.75, 3.05) is 6.61 Å². The maximum Gasteiger partial charge on any atom is 0.150 e. The molecule has 0 bridgehead atoms. The second-order valence-corrected chi connectivity index (χ2v) is 4.13. The summed E-state index contributed by atoms with van der Waals surface area (Å²) >= 11 is 0. The summed E-state index contributed by atoms with van der Waals surface area (Å²) in [6.45, 7) is 2.42. The Balaban J connectivity index is 1.85. The molecule has 2 aromatic rings. The summed E-state index contributed by atoms with van der Waals surface area (Å²) in [7, 11) is 0. The number of carbonyl (C=O) groups is 1. The van der Waals surface area contributed by atoms with Crippen molar-refractivity contribution in [3.05, 3.63) is 65.5 Å². The number of hydrogen-bond donors (Lipinski definition) is 0. The standard InChI is InChI=1S/C16H15NO2/c1-13-4-9-16(11-17-13)19-10-2-3-14-5-7-15(12-18)8-6-14/h2-9,11-12H,10H2,1H3/b3-2+. The molecule has 3 nitrogen and oxygen atoms in total. The van der Waals surface area contributed by atoms with Gasteiger partial charge >= 0.3 is 0 Å². The highest BCUT2D eigenvalue weighted by Gasteiger charge is 1.92. The molecule has 0 aliphatic heterocycles. The van der Waals surface area contributed by atoms with Crippen molar-refractivity contribution in [1.29, 1.82) is 0 Å². The number of aryl methyl sites for hydroxylation is 1. The second kappa shape index (κ2) is 6.50. The van der Waals surface area contributed by atoms with E-state index in [2.05, 4.69) is 4.98 Å². The molecule has 3 heteroatoms. The topological polar surface area (TPSA) is 39.2 Å². The van der Waals surface area contributed by atoms with E-state index in [0.717, 1.165) is 23.3 Å². The molecule has 0 aliphatic carbocycles. The zero-order valence-corrected chi connectivity index (χ0v) is 10.7. The van der Waals surface area contributed by atoms with Crippen molar-refractivity contribution in [1.82, 2.24) is 4.98 Å². The molecule has 0 fully saturated rings. The van der Waals surface area contributed by atoms with Crippen LogP contribution in [0.2, 0.25) is 0 Å². The first-order chi connectivity index (χ1) is 9.28. The number of benzene rings is 1. The summed E-state index contributed by atoms with van der Waals surface area (Å²) < 4.78 is 5.52. The molecule has 0 aliphatic rings. The lowest BCUT2D eigenvalue weighted by molar-refractivity contribution is 0.112. The maximum atomic E-state index is 10.5. The van der Waals surface area contributed by atoms with Crippen molar-refractivity contribution in [3.8, 4) is 5.75 Å². The zero-order valence-electron chi connectivity index (χ0n) is 10.7. The normalized spacial score (nSPS) is 10.6. The summed E-state index contributed by atoms with van der Waals surface area (Å²) in [6.07, 6.45) is 6.43. The second-order valence-electron chi connectivity index (χ2n) is 4.13. The van der Waals surface area contributed by atoms with Crippen LogP contribution in [0, 0.1) is 6.92 Å². The van der Waals surface area contributed by atoms with E-state index in [9.17, 15) is 4.79 Å². The number of pyridine rings is 1. The maximum absolute atomic E-state index is 10.5. The predicted molar refractivity (Wildman–Crippen MR) is 75.3 cm³/mol. The third-order valence-electron chi connectivity index (χ3n) is 2.61. The van der Waals surface area contributed by atoms with E-state index in [1.165, 1.54) is 0 Å². The molecule has 1 aromatic heterocycles. The first-order valence-electron chi connectivity index (χ1n) is 6.05. The molecule has 19 heavy (non-hydrogen) atoms. The minimum Gasteiger partial charge on any atom is -0.488 e. The van der Waals surface area contributed by atoms with Crippen LogP contribution in [0.3, 0.4) is 0 Å².